The molecule has 1 aromatic carbocycles. The lowest BCUT2D eigenvalue weighted by Crippen LogP contribution is -2.38. The molecule has 1 aliphatic rings. The summed E-state index contributed by atoms with van der Waals surface area (Å²) in [5, 5.41) is 10.8. The number of nitrogens with one attached hydrogen (secondary N) is 1. The fourth-order valence-corrected chi connectivity index (χ4v) is 4.01. The van der Waals surface area contributed by atoms with Crippen molar-refractivity contribution in [3.63, 3.8) is 0 Å². The lowest BCUT2D eigenvalue weighted by Gasteiger charge is -2.17. The van der Waals surface area contributed by atoms with Crippen LogP contribution < -0.4 is 5.32 Å². The minimum absolute atomic E-state index is 0.0694. The molecule has 0 radical (unpaired) electrons. The molecule has 0 spiro atoms. The van der Waals surface area contributed by atoms with Gasteiger partial charge < -0.3 is 10.2 Å². The molecule has 8 heteroatoms. The Hall–Kier alpha value is -2.38. The van der Waals surface area contributed by atoms with Crippen molar-refractivity contribution in [3.8, 4) is 10.6 Å². The Kier molecular flexibility index (Phi) is 4.90. The normalized spacial score (nSPS) is 16.8. The first-order valence-corrected chi connectivity index (χ1v) is 9.67. The summed E-state index contributed by atoms with van der Waals surface area (Å²) in [6.07, 6.45) is 4.30. The Morgan fingerprint density at radius 1 is 1.35 bits per heavy atom. The van der Waals surface area contributed by atoms with Crippen LogP contribution in [0.1, 0.15) is 18.2 Å². The van der Waals surface area contributed by atoms with E-state index in [1.165, 1.54) is 0 Å². The van der Waals surface area contributed by atoms with Gasteiger partial charge in [0.1, 0.15) is 5.01 Å². The minimum atomic E-state index is -0.0694. The maximum absolute atomic E-state index is 12.4. The summed E-state index contributed by atoms with van der Waals surface area (Å²) in [4.78, 5) is 18.8. The maximum atomic E-state index is 12.4. The highest BCUT2D eigenvalue weighted by Gasteiger charge is 2.27. The van der Waals surface area contributed by atoms with E-state index in [9.17, 15) is 4.79 Å². The molecule has 3 heterocycles. The molecule has 0 aliphatic carbocycles. The first-order valence-electron chi connectivity index (χ1n) is 8.41. The van der Waals surface area contributed by atoms with Gasteiger partial charge in [0.25, 0.3) is 0 Å². The molecular formula is C18H18ClN5OS. The van der Waals surface area contributed by atoms with Gasteiger partial charge in [-0.2, -0.15) is 5.10 Å². The molecule has 0 bridgehead atoms. The number of urea groups is 1. The predicted molar refractivity (Wildman–Crippen MR) is 102 cm³/mol. The Morgan fingerprint density at radius 3 is 2.96 bits per heavy atom. The molecule has 6 nitrogen and oxygen atoms in total. The van der Waals surface area contributed by atoms with Crippen molar-refractivity contribution < 1.29 is 4.79 Å². The molecule has 1 saturated heterocycles. The minimum Gasteiger partial charge on any atom is -0.332 e. The third-order valence-electron chi connectivity index (χ3n) is 4.39. The smallest absolute Gasteiger partial charge is 0.317 e. The molecule has 0 saturated carbocycles. The molecule has 1 unspecified atom stereocenters. The van der Waals surface area contributed by atoms with Crippen LogP contribution in [0.15, 0.2) is 48.1 Å². The van der Waals surface area contributed by atoms with Gasteiger partial charge in [0.15, 0.2) is 0 Å². The van der Waals surface area contributed by atoms with Crippen LogP contribution in [0.3, 0.4) is 0 Å². The molecule has 134 valence electrons. The molecule has 1 aliphatic heterocycles. The summed E-state index contributed by atoms with van der Waals surface area (Å²) in [6, 6.07) is 10.2. The van der Waals surface area contributed by atoms with Crippen LogP contribution in [-0.4, -0.2) is 38.8 Å². The zero-order chi connectivity index (χ0) is 17.9. The zero-order valence-electron chi connectivity index (χ0n) is 14.0. The highest BCUT2D eigenvalue weighted by Crippen LogP contribution is 2.24. The fourth-order valence-electron chi connectivity index (χ4n) is 3.04. The average molecular weight is 388 g/mol. The molecule has 1 fully saturated rings. The number of amides is 2. The van der Waals surface area contributed by atoms with Crippen molar-refractivity contribution in [2.75, 3.05) is 13.1 Å². The number of likely N-dealkylation sites (tertiary alicyclic amines) is 1. The Morgan fingerprint density at radius 2 is 2.19 bits per heavy atom. The van der Waals surface area contributed by atoms with Gasteiger partial charge in [-0.05, 0) is 6.42 Å². The topological polar surface area (TPSA) is 63.1 Å². The van der Waals surface area contributed by atoms with E-state index in [4.69, 9.17) is 11.6 Å². The van der Waals surface area contributed by atoms with Crippen molar-refractivity contribution in [2.45, 2.75) is 19.0 Å². The summed E-state index contributed by atoms with van der Waals surface area (Å²) in [5.74, 6) is 0. The van der Waals surface area contributed by atoms with Crippen LogP contribution in [-0.2, 0) is 6.54 Å². The van der Waals surface area contributed by atoms with Gasteiger partial charge in [0.2, 0.25) is 0 Å². The van der Waals surface area contributed by atoms with Gasteiger partial charge in [-0.1, -0.05) is 41.9 Å². The Bertz CT molecular complexity index is 894. The third-order valence-corrected chi connectivity index (χ3v) is 5.52. The standard InChI is InChI=1S/C18H18ClN5OS/c19-14-8-21-24(10-14)16-6-7-23(11-16)18(25)20-9-15-12-26-17(22-15)13-4-2-1-3-5-13/h1-5,8,10,12,16H,6-7,9,11H2,(H,20,25). The maximum Gasteiger partial charge on any atom is 0.317 e. The Balaban J connectivity index is 1.31. The first kappa shape index (κ1) is 17.1. The van der Waals surface area contributed by atoms with E-state index < -0.39 is 0 Å². The van der Waals surface area contributed by atoms with Gasteiger partial charge in [-0.25, -0.2) is 9.78 Å². The highest BCUT2D eigenvalue weighted by molar-refractivity contribution is 7.13. The number of halogens is 1. The molecule has 26 heavy (non-hydrogen) atoms. The van der Waals surface area contributed by atoms with Crippen molar-refractivity contribution in [1.29, 1.82) is 0 Å². The fraction of sp³-hybridized carbons (Fsp3) is 0.278. The zero-order valence-corrected chi connectivity index (χ0v) is 15.6. The van der Waals surface area contributed by atoms with Crippen LogP contribution >= 0.6 is 22.9 Å². The number of benzene rings is 1. The van der Waals surface area contributed by atoms with E-state index in [0.717, 1.165) is 22.7 Å². The first-order chi connectivity index (χ1) is 12.7. The average Bonchev–Trinajstić information content (AvgIpc) is 3.40. The number of hydrogen-bond donors (Lipinski definition) is 1. The van der Waals surface area contributed by atoms with Crippen LogP contribution in [0, 0.1) is 0 Å². The molecule has 2 amide bonds. The van der Waals surface area contributed by atoms with Crippen molar-refractivity contribution in [2.24, 2.45) is 0 Å². The van der Waals surface area contributed by atoms with E-state index in [1.807, 2.05) is 45.3 Å². The summed E-state index contributed by atoms with van der Waals surface area (Å²) < 4.78 is 1.84. The van der Waals surface area contributed by atoms with E-state index in [2.05, 4.69) is 15.4 Å². The summed E-state index contributed by atoms with van der Waals surface area (Å²) in [6.45, 7) is 1.77. The number of rotatable bonds is 4. The second kappa shape index (κ2) is 7.47. The largest absolute Gasteiger partial charge is 0.332 e. The van der Waals surface area contributed by atoms with Gasteiger partial charge >= 0.3 is 6.03 Å². The third kappa shape index (κ3) is 3.73. The highest BCUT2D eigenvalue weighted by atomic mass is 35.5. The van der Waals surface area contributed by atoms with Crippen molar-refractivity contribution in [1.82, 2.24) is 25.0 Å². The Labute approximate surface area is 160 Å². The van der Waals surface area contributed by atoms with Gasteiger partial charge in [-0.15, -0.1) is 11.3 Å². The number of nitrogens with zero attached hydrogens (tertiary/aromatic N) is 4. The quantitative estimate of drug-likeness (QED) is 0.740. The number of carbonyl (C=O) groups excluding carboxylic acids is 1. The van der Waals surface area contributed by atoms with Gasteiger partial charge in [0.05, 0.1) is 29.5 Å². The summed E-state index contributed by atoms with van der Waals surface area (Å²) in [5.41, 5.74) is 1.96. The van der Waals surface area contributed by atoms with E-state index in [1.54, 1.807) is 23.7 Å². The van der Waals surface area contributed by atoms with E-state index in [-0.39, 0.29) is 12.1 Å². The van der Waals surface area contributed by atoms with Gasteiger partial charge in [0, 0.05) is 30.2 Å². The van der Waals surface area contributed by atoms with E-state index >= 15 is 0 Å². The monoisotopic (exact) mass is 387 g/mol. The molecule has 1 N–H and O–H groups in total. The van der Waals surface area contributed by atoms with Crippen LogP contribution in [0.5, 0.6) is 0 Å². The second-order valence-corrected chi connectivity index (χ2v) is 7.49. The summed E-state index contributed by atoms with van der Waals surface area (Å²) >= 11 is 7.51. The molecule has 4 rings (SSSR count). The summed E-state index contributed by atoms with van der Waals surface area (Å²) in [7, 11) is 0. The van der Waals surface area contributed by atoms with Crippen molar-refractivity contribution >= 4 is 29.0 Å². The molecular weight excluding hydrogens is 370 g/mol. The van der Waals surface area contributed by atoms with Crippen LogP contribution in [0.4, 0.5) is 4.79 Å². The van der Waals surface area contributed by atoms with Crippen LogP contribution in [0.2, 0.25) is 5.02 Å². The molecule has 1 atom stereocenters. The van der Waals surface area contributed by atoms with E-state index in [0.29, 0.717) is 24.7 Å². The molecule has 3 aromatic rings. The van der Waals surface area contributed by atoms with Crippen LogP contribution in [0.25, 0.3) is 10.6 Å². The molecule has 2 aromatic heterocycles. The second-order valence-electron chi connectivity index (χ2n) is 6.20. The van der Waals surface area contributed by atoms with Crippen molar-refractivity contribution in [3.05, 3.63) is 58.8 Å². The van der Waals surface area contributed by atoms with Gasteiger partial charge in [-0.3, -0.25) is 4.68 Å². The number of hydrogen-bond acceptors (Lipinski definition) is 4. The lowest BCUT2D eigenvalue weighted by molar-refractivity contribution is 0.206. The SMILES string of the molecule is O=C(NCc1csc(-c2ccccc2)n1)N1CCC(n2cc(Cl)cn2)C1. The number of aromatic nitrogens is 3. The lowest BCUT2D eigenvalue weighted by atomic mass is 10.2. The predicted octanol–water partition coefficient (Wildman–Crippen LogP) is 3.82. The number of thiazole rings is 1. The number of carbonyl (C=O) groups is 1.